The Labute approximate surface area is 186 Å². The van der Waals surface area contributed by atoms with Gasteiger partial charge in [0.05, 0.1) is 13.1 Å². The average molecular weight is 512 g/mol. The van der Waals surface area contributed by atoms with E-state index >= 15 is 0 Å². The maximum Gasteiger partial charge on any atom is 0.242 e. The van der Waals surface area contributed by atoms with Crippen LogP contribution in [-0.4, -0.2) is 49.6 Å². The highest BCUT2D eigenvalue weighted by Crippen LogP contribution is 2.27. The Balaban J connectivity index is 0.00000225. The fourth-order valence-electron chi connectivity index (χ4n) is 3.53. The number of rotatable bonds is 4. The van der Waals surface area contributed by atoms with E-state index in [9.17, 15) is 4.79 Å². The van der Waals surface area contributed by atoms with Gasteiger partial charge in [-0.2, -0.15) is 0 Å². The van der Waals surface area contributed by atoms with Crippen molar-refractivity contribution in [1.82, 2.24) is 15.5 Å². The lowest BCUT2D eigenvalue weighted by Crippen LogP contribution is -2.47. The van der Waals surface area contributed by atoms with Crippen molar-refractivity contribution in [2.45, 2.75) is 25.5 Å². The van der Waals surface area contributed by atoms with Gasteiger partial charge in [-0.25, -0.2) is 0 Å². The van der Waals surface area contributed by atoms with Gasteiger partial charge in [0.15, 0.2) is 5.96 Å². The number of ether oxygens (including phenoxy) is 1. The first-order valence-corrected chi connectivity index (χ1v) is 10.1. The first kappa shape index (κ1) is 20.9. The molecule has 2 aromatic rings. The molecule has 1 atom stereocenters. The second-order valence-corrected chi connectivity index (χ2v) is 7.79. The summed E-state index contributed by atoms with van der Waals surface area (Å²) in [6, 6.07) is 10.2. The number of halogens is 1. The van der Waals surface area contributed by atoms with Crippen molar-refractivity contribution in [3.05, 3.63) is 51.7 Å². The van der Waals surface area contributed by atoms with Gasteiger partial charge in [-0.05, 0) is 35.1 Å². The summed E-state index contributed by atoms with van der Waals surface area (Å²) in [5.41, 5.74) is 2.51. The van der Waals surface area contributed by atoms with Crippen molar-refractivity contribution in [2.24, 2.45) is 4.99 Å². The maximum atomic E-state index is 12.5. The zero-order valence-electron chi connectivity index (χ0n) is 15.8. The molecule has 150 valence electrons. The van der Waals surface area contributed by atoms with Gasteiger partial charge in [0, 0.05) is 31.4 Å². The van der Waals surface area contributed by atoms with E-state index in [1.807, 2.05) is 23.1 Å². The third-order valence-electron chi connectivity index (χ3n) is 5.00. The standard InChI is InChI=1S/C20H24N4O2S.HI/c1-21-20(22-11-16-10-14-4-2-3-5-17(14)26-16)23-12-19(25)24-8-6-18-15(13-24)7-9-27-18;/h2-5,7,9,16H,6,8,10-13H2,1H3,(H2,21,22,23);1H. The molecule has 6 nitrogen and oxygen atoms in total. The Bertz CT molecular complexity index is 829. The number of carbonyl (C=O) groups excluding carboxylic acids is 1. The number of para-hydroxylation sites is 1. The Morgan fingerprint density at radius 1 is 1.29 bits per heavy atom. The lowest BCUT2D eigenvalue weighted by atomic mass is 10.1. The zero-order chi connectivity index (χ0) is 18.6. The minimum atomic E-state index is 0. The van der Waals surface area contributed by atoms with Crippen LogP contribution in [0.4, 0.5) is 0 Å². The molecule has 1 aromatic carbocycles. The van der Waals surface area contributed by atoms with Crippen LogP contribution in [0.15, 0.2) is 40.7 Å². The lowest BCUT2D eigenvalue weighted by molar-refractivity contribution is -0.130. The zero-order valence-corrected chi connectivity index (χ0v) is 19.0. The number of nitrogens with zero attached hydrogens (tertiary/aromatic N) is 2. The molecule has 0 spiro atoms. The predicted molar refractivity (Wildman–Crippen MR) is 123 cm³/mol. The van der Waals surface area contributed by atoms with Crippen LogP contribution < -0.4 is 15.4 Å². The van der Waals surface area contributed by atoms with Crippen LogP contribution in [0, 0.1) is 0 Å². The van der Waals surface area contributed by atoms with Crippen molar-refractivity contribution in [1.29, 1.82) is 0 Å². The van der Waals surface area contributed by atoms with Gasteiger partial charge in [-0.1, -0.05) is 18.2 Å². The van der Waals surface area contributed by atoms with E-state index in [0.29, 0.717) is 19.0 Å². The maximum absolute atomic E-state index is 12.5. The molecular formula is C20H25IN4O2S. The molecule has 0 aliphatic carbocycles. The molecule has 0 fully saturated rings. The van der Waals surface area contributed by atoms with E-state index in [0.717, 1.165) is 25.1 Å². The number of amides is 1. The normalized spacial score (nSPS) is 17.8. The van der Waals surface area contributed by atoms with Gasteiger partial charge in [0.25, 0.3) is 0 Å². The SMILES string of the molecule is CN=C(NCC(=O)N1CCc2sccc2C1)NCC1Cc2ccccc2O1.I. The van der Waals surface area contributed by atoms with Gasteiger partial charge in [-0.3, -0.25) is 9.79 Å². The van der Waals surface area contributed by atoms with Gasteiger partial charge in [0.2, 0.25) is 5.91 Å². The number of carbonyl (C=O) groups is 1. The van der Waals surface area contributed by atoms with Gasteiger partial charge in [-0.15, -0.1) is 35.3 Å². The molecule has 0 radical (unpaired) electrons. The van der Waals surface area contributed by atoms with Crippen molar-refractivity contribution in [3.8, 4) is 5.75 Å². The Kier molecular flexibility index (Phi) is 7.17. The smallest absolute Gasteiger partial charge is 0.242 e. The lowest BCUT2D eigenvalue weighted by Gasteiger charge is -2.27. The van der Waals surface area contributed by atoms with Crippen molar-refractivity contribution in [2.75, 3.05) is 26.7 Å². The van der Waals surface area contributed by atoms with E-state index in [1.165, 1.54) is 16.0 Å². The van der Waals surface area contributed by atoms with E-state index < -0.39 is 0 Å². The molecule has 1 aromatic heterocycles. The number of thiophene rings is 1. The van der Waals surface area contributed by atoms with Crippen LogP contribution in [0.1, 0.15) is 16.0 Å². The summed E-state index contributed by atoms with van der Waals surface area (Å²) >= 11 is 1.78. The third kappa shape index (κ3) is 4.78. The number of benzene rings is 1. The first-order chi connectivity index (χ1) is 13.2. The molecule has 2 aliphatic rings. The first-order valence-electron chi connectivity index (χ1n) is 9.25. The number of aliphatic imine (C=N–C) groups is 1. The van der Waals surface area contributed by atoms with Crippen LogP contribution >= 0.6 is 35.3 Å². The van der Waals surface area contributed by atoms with E-state index in [1.54, 1.807) is 18.4 Å². The topological polar surface area (TPSA) is 66.0 Å². The second kappa shape index (κ2) is 9.60. The van der Waals surface area contributed by atoms with E-state index in [4.69, 9.17) is 4.74 Å². The predicted octanol–water partition coefficient (Wildman–Crippen LogP) is 2.42. The summed E-state index contributed by atoms with van der Waals surface area (Å²) in [6.45, 7) is 2.38. The van der Waals surface area contributed by atoms with Crippen LogP contribution in [-0.2, 0) is 24.2 Å². The minimum absolute atomic E-state index is 0. The molecule has 2 aliphatic heterocycles. The molecule has 2 N–H and O–H groups in total. The number of guanidine groups is 1. The fraction of sp³-hybridized carbons (Fsp3) is 0.400. The molecule has 0 bridgehead atoms. The molecule has 4 rings (SSSR count). The summed E-state index contributed by atoms with van der Waals surface area (Å²) in [5, 5.41) is 8.49. The van der Waals surface area contributed by atoms with Crippen LogP contribution in [0.5, 0.6) is 5.75 Å². The number of nitrogens with one attached hydrogen (secondary N) is 2. The highest BCUT2D eigenvalue weighted by molar-refractivity contribution is 14.0. The Morgan fingerprint density at radius 3 is 2.96 bits per heavy atom. The fourth-order valence-corrected chi connectivity index (χ4v) is 4.42. The van der Waals surface area contributed by atoms with Crippen LogP contribution in [0.2, 0.25) is 0 Å². The van der Waals surface area contributed by atoms with Crippen LogP contribution in [0.3, 0.4) is 0 Å². The van der Waals surface area contributed by atoms with Gasteiger partial charge in [0.1, 0.15) is 11.9 Å². The van der Waals surface area contributed by atoms with Crippen molar-refractivity contribution >= 4 is 47.2 Å². The van der Waals surface area contributed by atoms with Crippen molar-refractivity contribution in [3.63, 3.8) is 0 Å². The average Bonchev–Trinajstić information content (AvgIpc) is 3.33. The Morgan fingerprint density at radius 2 is 2.14 bits per heavy atom. The highest BCUT2D eigenvalue weighted by Gasteiger charge is 2.23. The summed E-state index contributed by atoms with van der Waals surface area (Å²) in [6.07, 6.45) is 1.91. The molecule has 0 saturated carbocycles. The minimum Gasteiger partial charge on any atom is -0.488 e. The molecule has 3 heterocycles. The third-order valence-corrected chi connectivity index (χ3v) is 6.03. The quantitative estimate of drug-likeness (QED) is 0.376. The van der Waals surface area contributed by atoms with Gasteiger partial charge >= 0.3 is 0 Å². The van der Waals surface area contributed by atoms with Crippen molar-refractivity contribution < 1.29 is 9.53 Å². The van der Waals surface area contributed by atoms with E-state index in [2.05, 4.69) is 33.1 Å². The molecule has 28 heavy (non-hydrogen) atoms. The monoisotopic (exact) mass is 512 g/mol. The molecule has 0 saturated heterocycles. The molecule has 8 heteroatoms. The molecular weight excluding hydrogens is 487 g/mol. The second-order valence-electron chi connectivity index (χ2n) is 6.79. The highest BCUT2D eigenvalue weighted by atomic mass is 127. The number of hydrogen-bond acceptors (Lipinski definition) is 4. The van der Waals surface area contributed by atoms with Gasteiger partial charge < -0.3 is 20.3 Å². The van der Waals surface area contributed by atoms with E-state index in [-0.39, 0.29) is 42.5 Å². The number of hydrogen-bond donors (Lipinski definition) is 2. The number of fused-ring (bicyclic) bond motifs is 2. The summed E-state index contributed by atoms with van der Waals surface area (Å²) in [4.78, 5) is 20.0. The summed E-state index contributed by atoms with van der Waals surface area (Å²) in [5.74, 6) is 1.68. The molecule has 1 amide bonds. The summed E-state index contributed by atoms with van der Waals surface area (Å²) < 4.78 is 5.93. The Hall–Kier alpha value is -1.81. The molecule has 1 unspecified atom stereocenters. The largest absolute Gasteiger partial charge is 0.488 e. The summed E-state index contributed by atoms with van der Waals surface area (Å²) in [7, 11) is 1.71. The van der Waals surface area contributed by atoms with Crippen LogP contribution in [0.25, 0.3) is 0 Å².